The molecule has 35 heavy (non-hydrogen) atoms. The third-order valence-corrected chi connectivity index (χ3v) is 8.59. The van der Waals surface area contributed by atoms with E-state index in [-0.39, 0.29) is 25.4 Å². The van der Waals surface area contributed by atoms with Gasteiger partial charge in [0.2, 0.25) is 15.9 Å². The number of carbonyl (C=O) groups excluding carboxylic acids is 1. The lowest BCUT2D eigenvalue weighted by atomic mass is 10.0. The average molecular weight is 496 g/mol. The monoisotopic (exact) mass is 495 g/mol. The fourth-order valence-corrected chi connectivity index (χ4v) is 5.60. The first-order valence-electron chi connectivity index (χ1n) is 12.1. The molecule has 1 aliphatic heterocycles. The maximum atomic E-state index is 13.0. The minimum Gasteiger partial charge on any atom is -0.441 e. The van der Waals surface area contributed by atoms with Crippen LogP contribution in [-0.4, -0.2) is 54.7 Å². The molecule has 1 aliphatic rings. The predicted molar refractivity (Wildman–Crippen MR) is 136 cm³/mol. The van der Waals surface area contributed by atoms with Crippen molar-refractivity contribution < 1.29 is 17.6 Å². The number of rotatable bonds is 7. The quantitative estimate of drug-likeness (QED) is 0.480. The highest BCUT2D eigenvalue weighted by molar-refractivity contribution is 7.89. The number of hydrogen-bond acceptors (Lipinski definition) is 5. The number of sulfonamides is 1. The summed E-state index contributed by atoms with van der Waals surface area (Å²) in [5.41, 5.74) is 4.47. The van der Waals surface area contributed by atoms with Gasteiger partial charge in [-0.25, -0.2) is 13.4 Å². The van der Waals surface area contributed by atoms with Crippen molar-refractivity contribution in [3.05, 3.63) is 71.2 Å². The van der Waals surface area contributed by atoms with Crippen molar-refractivity contribution in [2.45, 2.75) is 51.3 Å². The third kappa shape index (κ3) is 5.65. The van der Waals surface area contributed by atoms with Crippen molar-refractivity contribution in [2.24, 2.45) is 0 Å². The molecule has 0 N–H and O–H groups in total. The molecule has 7 nitrogen and oxygen atoms in total. The van der Waals surface area contributed by atoms with Crippen LogP contribution in [-0.2, 0) is 21.2 Å². The van der Waals surface area contributed by atoms with Crippen molar-refractivity contribution in [2.75, 3.05) is 26.2 Å². The molecule has 0 atom stereocenters. The van der Waals surface area contributed by atoms with Crippen LogP contribution in [0.4, 0.5) is 0 Å². The van der Waals surface area contributed by atoms with Gasteiger partial charge >= 0.3 is 0 Å². The fourth-order valence-electron chi connectivity index (χ4n) is 4.18. The Morgan fingerprint density at radius 3 is 2.31 bits per heavy atom. The van der Waals surface area contributed by atoms with Crippen molar-refractivity contribution in [3.63, 3.8) is 0 Å². The summed E-state index contributed by atoms with van der Waals surface area (Å²) in [6, 6.07) is 13.2. The second-order valence-corrected chi connectivity index (χ2v) is 11.4. The number of hydrogen-bond donors (Lipinski definition) is 0. The summed E-state index contributed by atoms with van der Waals surface area (Å²) in [7, 11) is -3.57. The van der Waals surface area contributed by atoms with E-state index >= 15 is 0 Å². The first kappa shape index (κ1) is 25.1. The highest BCUT2D eigenvalue weighted by atomic mass is 32.2. The van der Waals surface area contributed by atoms with Crippen LogP contribution < -0.4 is 0 Å². The number of aryl methyl sites for hydroxylation is 3. The van der Waals surface area contributed by atoms with Crippen LogP contribution in [0.15, 0.2) is 58.0 Å². The first-order valence-corrected chi connectivity index (χ1v) is 13.5. The van der Waals surface area contributed by atoms with Crippen molar-refractivity contribution in [1.29, 1.82) is 0 Å². The molecule has 0 spiro atoms. The molecule has 0 radical (unpaired) electrons. The summed E-state index contributed by atoms with van der Waals surface area (Å²) in [4.78, 5) is 19.1. The Hall–Kier alpha value is -2.97. The van der Waals surface area contributed by atoms with Gasteiger partial charge in [-0.2, -0.15) is 4.31 Å². The molecule has 1 aromatic heterocycles. The van der Waals surface area contributed by atoms with Gasteiger partial charge in [-0.15, -0.1) is 0 Å². The van der Waals surface area contributed by atoms with Crippen LogP contribution >= 0.6 is 0 Å². The molecule has 2 heterocycles. The minimum absolute atomic E-state index is 0.0192. The van der Waals surface area contributed by atoms with Gasteiger partial charge in [0.25, 0.3) is 0 Å². The molecule has 0 saturated carbocycles. The van der Waals surface area contributed by atoms with E-state index in [1.54, 1.807) is 23.2 Å². The van der Waals surface area contributed by atoms with E-state index in [2.05, 4.69) is 44.8 Å². The summed E-state index contributed by atoms with van der Waals surface area (Å²) in [5.74, 6) is 1.54. The van der Waals surface area contributed by atoms with E-state index in [0.29, 0.717) is 42.0 Å². The average Bonchev–Trinajstić information content (AvgIpc) is 3.33. The van der Waals surface area contributed by atoms with Crippen LogP contribution in [0.5, 0.6) is 0 Å². The molecule has 0 aliphatic carbocycles. The van der Waals surface area contributed by atoms with Crippen LogP contribution in [0.1, 0.15) is 48.8 Å². The Labute approximate surface area is 207 Å². The molecular formula is C27H33N3O4S. The first-order chi connectivity index (χ1) is 16.6. The summed E-state index contributed by atoms with van der Waals surface area (Å²) in [6.07, 6.45) is 2.38. The van der Waals surface area contributed by atoms with E-state index in [9.17, 15) is 13.2 Å². The molecule has 3 aromatic rings. The molecular weight excluding hydrogens is 462 g/mol. The summed E-state index contributed by atoms with van der Waals surface area (Å²) >= 11 is 0. The third-order valence-electron chi connectivity index (χ3n) is 6.67. The zero-order chi connectivity index (χ0) is 25.2. The molecule has 0 bridgehead atoms. The SMILES string of the molecule is Cc1ccc(-c2cnc(CCC(=O)N3CCN(S(=O)(=O)c4ccc(C(C)C)cc4)CC3)o2)cc1C. The van der Waals surface area contributed by atoms with E-state index in [4.69, 9.17) is 4.42 Å². The van der Waals surface area contributed by atoms with E-state index in [1.165, 1.54) is 15.4 Å². The number of oxazole rings is 1. The zero-order valence-corrected chi connectivity index (χ0v) is 21.6. The Morgan fingerprint density at radius 1 is 1.00 bits per heavy atom. The van der Waals surface area contributed by atoms with Gasteiger partial charge in [-0.1, -0.05) is 38.1 Å². The number of benzene rings is 2. The molecule has 1 fully saturated rings. The number of carbonyl (C=O) groups is 1. The molecule has 1 saturated heterocycles. The van der Waals surface area contributed by atoms with Crippen LogP contribution in [0.3, 0.4) is 0 Å². The van der Waals surface area contributed by atoms with Crippen molar-refractivity contribution >= 4 is 15.9 Å². The van der Waals surface area contributed by atoms with Gasteiger partial charge in [-0.05, 0) is 54.7 Å². The summed E-state index contributed by atoms with van der Waals surface area (Å²) in [5, 5.41) is 0. The van der Waals surface area contributed by atoms with Crippen LogP contribution in [0.2, 0.25) is 0 Å². The van der Waals surface area contributed by atoms with Crippen molar-refractivity contribution in [3.8, 4) is 11.3 Å². The summed E-state index contributed by atoms with van der Waals surface area (Å²) in [6.45, 7) is 9.60. The highest BCUT2D eigenvalue weighted by Gasteiger charge is 2.30. The van der Waals surface area contributed by atoms with E-state index in [0.717, 1.165) is 11.1 Å². The Balaban J connectivity index is 1.30. The normalized spacial score (nSPS) is 15.1. The highest BCUT2D eigenvalue weighted by Crippen LogP contribution is 2.24. The van der Waals surface area contributed by atoms with Crippen LogP contribution in [0, 0.1) is 13.8 Å². The Morgan fingerprint density at radius 2 is 1.69 bits per heavy atom. The minimum atomic E-state index is -3.57. The number of aromatic nitrogens is 1. The number of piperazine rings is 1. The van der Waals surface area contributed by atoms with Gasteiger partial charge in [0.1, 0.15) is 0 Å². The topological polar surface area (TPSA) is 83.7 Å². The fraction of sp³-hybridized carbons (Fsp3) is 0.407. The van der Waals surface area contributed by atoms with Crippen molar-refractivity contribution in [1.82, 2.24) is 14.2 Å². The molecule has 8 heteroatoms. The molecule has 2 aromatic carbocycles. The summed E-state index contributed by atoms with van der Waals surface area (Å²) < 4.78 is 33.4. The van der Waals surface area contributed by atoms with Gasteiger partial charge in [0, 0.05) is 44.6 Å². The Bertz CT molecular complexity index is 1290. The smallest absolute Gasteiger partial charge is 0.243 e. The second kappa shape index (κ2) is 10.3. The lowest BCUT2D eigenvalue weighted by Gasteiger charge is -2.34. The van der Waals surface area contributed by atoms with E-state index in [1.807, 2.05) is 18.2 Å². The lowest BCUT2D eigenvalue weighted by Crippen LogP contribution is -2.50. The maximum absolute atomic E-state index is 13.0. The predicted octanol–water partition coefficient (Wildman–Crippen LogP) is 4.55. The van der Waals surface area contributed by atoms with Crippen LogP contribution in [0.25, 0.3) is 11.3 Å². The standard InChI is InChI=1S/C27H33N3O4S/c1-19(2)22-7-9-24(10-8-22)35(32,33)30-15-13-29(14-16-30)27(31)12-11-26-28-18-25(34-26)23-6-5-20(3)21(4)17-23/h5-10,17-19H,11-16H2,1-4H3. The second-order valence-electron chi connectivity index (χ2n) is 9.43. The number of amides is 1. The van der Waals surface area contributed by atoms with Gasteiger partial charge in [0.05, 0.1) is 11.1 Å². The van der Waals surface area contributed by atoms with Gasteiger partial charge in [0.15, 0.2) is 11.7 Å². The molecule has 0 unspecified atom stereocenters. The van der Waals surface area contributed by atoms with Gasteiger partial charge < -0.3 is 9.32 Å². The molecule has 1 amide bonds. The number of nitrogens with zero attached hydrogens (tertiary/aromatic N) is 3. The lowest BCUT2D eigenvalue weighted by molar-refractivity contribution is -0.132. The zero-order valence-electron chi connectivity index (χ0n) is 20.8. The molecule has 186 valence electrons. The Kier molecular flexibility index (Phi) is 7.42. The maximum Gasteiger partial charge on any atom is 0.243 e. The largest absolute Gasteiger partial charge is 0.441 e. The molecule has 4 rings (SSSR count). The van der Waals surface area contributed by atoms with Gasteiger partial charge in [-0.3, -0.25) is 4.79 Å². The van der Waals surface area contributed by atoms with E-state index < -0.39 is 10.0 Å².